The number of aryl methyl sites for hydroxylation is 1. The van der Waals surface area contributed by atoms with Gasteiger partial charge in [-0.25, -0.2) is 19.0 Å². The van der Waals surface area contributed by atoms with Crippen molar-refractivity contribution in [2.24, 2.45) is 0 Å². The lowest BCUT2D eigenvalue weighted by Crippen LogP contribution is -2.28. The summed E-state index contributed by atoms with van der Waals surface area (Å²) in [6.07, 6.45) is -0.880. The Morgan fingerprint density at radius 3 is 2.45 bits per heavy atom. The molecule has 6 nitrogen and oxygen atoms in total. The highest BCUT2D eigenvalue weighted by Gasteiger charge is 2.26. The fraction of sp³-hybridized carbons (Fsp3) is 0.500. The molecule has 0 fully saturated rings. The quantitative estimate of drug-likeness (QED) is 0.640. The molecule has 1 rings (SSSR count). The van der Waals surface area contributed by atoms with Gasteiger partial charge in [0.25, 0.3) is 0 Å². The van der Waals surface area contributed by atoms with Crippen molar-refractivity contribution in [1.29, 1.82) is 0 Å². The van der Waals surface area contributed by atoms with Crippen molar-refractivity contribution in [2.75, 3.05) is 11.9 Å². The third-order valence-electron chi connectivity index (χ3n) is 2.36. The van der Waals surface area contributed by atoms with E-state index < -0.39 is 23.5 Å². The molecular formula is C14H18BrFN2O4. The molecule has 0 bridgehead atoms. The van der Waals surface area contributed by atoms with Gasteiger partial charge in [-0.15, -0.1) is 0 Å². The summed E-state index contributed by atoms with van der Waals surface area (Å²) >= 11 is 3.08. The van der Waals surface area contributed by atoms with Crippen LogP contribution in [0.2, 0.25) is 0 Å². The van der Waals surface area contributed by atoms with Crippen molar-refractivity contribution in [3.05, 3.63) is 21.7 Å². The van der Waals surface area contributed by atoms with Gasteiger partial charge in [-0.2, -0.15) is 0 Å². The van der Waals surface area contributed by atoms with Gasteiger partial charge < -0.3 is 9.47 Å². The Balaban J connectivity index is 3.26. The number of ether oxygens (including phenoxy) is 2. The Kier molecular flexibility index (Phi) is 5.87. The number of nitrogens with one attached hydrogen (secondary N) is 1. The Labute approximate surface area is 136 Å². The van der Waals surface area contributed by atoms with E-state index in [2.05, 4.69) is 26.2 Å². The van der Waals surface area contributed by atoms with Crippen LogP contribution in [0.1, 0.15) is 43.7 Å². The summed E-state index contributed by atoms with van der Waals surface area (Å²) in [5.41, 5.74) is -1.27. The Hall–Kier alpha value is -1.70. The van der Waals surface area contributed by atoms with Crippen LogP contribution in [-0.2, 0) is 9.47 Å². The zero-order valence-corrected chi connectivity index (χ0v) is 14.6. The highest BCUT2D eigenvalue weighted by molar-refractivity contribution is 9.10. The van der Waals surface area contributed by atoms with Crippen LogP contribution in [0.15, 0.2) is 4.60 Å². The van der Waals surface area contributed by atoms with Crippen LogP contribution in [0.3, 0.4) is 0 Å². The van der Waals surface area contributed by atoms with Gasteiger partial charge in [-0.05, 0) is 50.5 Å². The summed E-state index contributed by atoms with van der Waals surface area (Å²) in [5.74, 6) is -1.62. The second-order valence-electron chi connectivity index (χ2n) is 5.40. The van der Waals surface area contributed by atoms with Gasteiger partial charge in [0.05, 0.1) is 18.0 Å². The number of amides is 1. The molecule has 0 spiro atoms. The van der Waals surface area contributed by atoms with E-state index in [1.165, 1.54) is 6.92 Å². The average Bonchev–Trinajstić information content (AvgIpc) is 2.33. The molecule has 1 N–H and O–H groups in total. The molecule has 0 unspecified atom stereocenters. The predicted molar refractivity (Wildman–Crippen MR) is 82.4 cm³/mol. The molecule has 0 aliphatic rings. The molecule has 8 heteroatoms. The summed E-state index contributed by atoms with van der Waals surface area (Å²) in [6, 6.07) is 0. The fourth-order valence-electron chi connectivity index (χ4n) is 1.56. The van der Waals surface area contributed by atoms with Gasteiger partial charge in [0.15, 0.2) is 5.82 Å². The smallest absolute Gasteiger partial charge is 0.412 e. The molecule has 0 radical (unpaired) electrons. The highest BCUT2D eigenvalue weighted by atomic mass is 79.9. The topological polar surface area (TPSA) is 77.5 Å². The summed E-state index contributed by atoms with van der Waals surface area (Å²) in [6.45, 7) is 8.14. The maximum atomic E-state index is 14.3. The van der Waals surface area contributed by atoms with E-state index in [4.69, 9.17) is 9.47 Å². The highest BCUT2D eigenvalue weighted by Crippen LogP contribution is 2.29. The zero-order chi connectivity index (χ0) is 17.1. The van der Waals surface area contributed by atoms with Gasteiger partial charge in [-0.3, -0.25) is 5.32 Å². The molecule has 0 aliphatic carbocycles. The second-order valence-corrected chi connectivity index (χ2v) is 6.15. The van der Waals surface area contributed by atoms with Crippen LogP contribution in [0, 0.1) is 12.7 Å². The minimum absolute atomic E-state index is 0.0194. The molecule has 1 amide bonds. The van der Waals surface area contributed by atoms with E-state index in [1.54, 1.807) is 27.7 Å². The molecule has 1 aromatic heterocycles. The van der Waals surface area contributed by atoms with Crippen molar-refractivity contribution in [1.82, 2.24) is 4.98 Å². The molecule has 0 aliphatic heterocycles. The van der Waals surface area contributed by atoms with Gasteiger partial charge in [-0.1, -0.05) is 0 Å². The molecule has 1 aromatic rings. The fourth-order valence-corrected chi connectivity index (χ4v) is 2.18. The molecular weight excluding hydrogens is 359 g/mol. The van der Waals surface area contributed by atoms with Gasteiger partial charge in [0.1, 0.15) is 15.8 Å². The number of pyridine rings is 1. The number of anilines is 1. The maximum absolute atomic E-state index is 14.3. The van der Waals surface area contributed by atoms with Crippen LogP contribution >= 0.6 is 15.9 Å². The van der Waals surface area contributed by atoms with E-state index in [-0.39, 0.29) is 28.2 Å². The number of rotatable bonds is 3. The first-order valence-electron chi connectivity index (χ1n) is 6.59. The lowest BCUT2D eigenvalue weighted by molar-refractivity contribution is 0.0525. The molecule has 0 saturated carbocycles. The molecule has 0 saturated heterocycles. The van der Waals surface area contributed by atoms with Crippen molar-refractivity contribution in [2.45, 2.75) is 40.2 Å². The minimum Gasteiger partial charge on any atom is -0.462 e. The molecule has 122 valence electrons. The molecule has 22 heavy (non-hydrogen) atoms. The first-order valence-corrected chi connectivity index (χ1v) is 7.38. The second kappa shape index (κ2) is 7.04. The van der Waals surface area contributed by atoms with E-state index in [1.807, 2.05) is 0 Å². The number of hydrogen-bond donors (Lipinski definition) is 1. The first-order chi connectivity index (χ1) is 10.1. The number of halogens is 2. The Morgan fingerprint density at radius 2 is 1.95 bits per heavy atom. The Bertz CT molecular complexity index is 599. The zero-order valence-electron chi connectivity index (χ0n) is 13.0. The third kappa shape index (κ3) is 4.66. The minimum atomic E-state index is -0.880. The number of aromatic nitrogens is 1. The van der Waals surface area contributed by atoms with Crippen LogP contribution in [0.25, 0.3) is 0 Å². The monoisotopic (exact) mass is 376 g/mol. The molecule has 0 atom stereocenters. The SMILES string of the molecule is CCOC(=O)c1c(Br)nc(C)c(F)c1NC(=O)OC(C)(C)C. The summed E-state index contributed by atoms with van der Waals surface area (Å²) in [7, 11) is 0. The van der Waals surface area contributed by atoms with E-state index in [0.717, 1.165) is 0 Å². The van der Waals surface area contributed by atoms with E-state index in [0.29, 0.717) is 0 Å². The number of carbonyl (C=O) groups is 2. The van der Waals surface area contributed by atoms with Crippen LogP contribution in [-0.4, -0.2) is 29.3 Å². The molecule has 0 aromatic carbocycles. The number of esters is 1. The van der Waals surface area contributed by atoms with Crippen molar-refractivity contribution in [3.8, 4) is 0 Å². The van der Waals surface area contributed by atoms with Crippen LogP contribution in [0.5, 0.6) is 0 Å². The number of hydrogen-bond acceptors (Lipinski definition) is 5. The lowest BCUT2D eigenvalue weighted by atomic mass is 10.2. The largest absolute Gasteiger partial charge is 0.462 e. The summed E-state index contributed by atoms with van der Waals surface area (Å²) < 4.78 is 24.3. The van der Waals surface area contributed by atoms with Gasteiger partial charge in [0.2, 0.25) is 0 Å². The Morgan fingerprint density at radius 1 is 1.36 bits per heavy atom. The van der Waals surface area contributed by atoms with Crippen LogP contribution < -0.4 is 5.32 Å². The standard InChI is InChI=1S/C14H18BrFN2O4/c1-6-21-12(19)8-10(9(16)7(2)17-11(8)15)18-13(20)22-14(3,4)5/h6H2,1-5H3,(H,17,18,20). The van der Waals surface area contributed by atoms with Crippen molar-refractivity contribution < 1.29 is 23.5 Å². The first kappa shape index (κ1) is 18.3. The van der Waals surface area contributed by atoms with E-state index >= 15 is 0 Å². The summed E-state index contributed by atoms with van der Waals surface area (Å²) in [5, 5.41) is 2.25. The van der Waals surface area contributed by atoms with Gasteiger partial charge >= 0.3 is 12.1 Å². The normalized spacial score (nSPS) is 11.0. The lowest BCUT2D eigenvalue weighted by Gasteiger charge is -2.21. The van der Waals surface area contributed by atoms with Gasteiger partial charge in [0, 0.05) is 0 Å². The predicted octanol–water partition coefficient (Wildman–Crippen LogP) is 3.82. The van der Waals surface area contributed by atoms with E-state index in [9.17, 15) is 14.0 Å². The third-order valence-corrected chi connectivity index (χ3v) is 2.94. The van der Waals surface area contributed by atoms with Crippen molar-refractivity contribution >= 4 is 33.7 Å². The van der Waals surface area contributed by atoms with Crippen molar-refractivity contribution in [3.63, 3.8) is 0 Å². The molecule has 1 heterocycles. The van der Waals surface area contributed by atoms with Crippen LogP contribution in [0.4, 0.5) is 14.9 Å². The maximum Gasteiger partial charge on any atom is 0.412 e. The average molecular weight is 377 g/mol. The number of carbonyl (C=O) groups excluding carboxylic acids is 2. The number of nitrogens with zero attached hydrogens (tertiary/aromatic N) is 1. The summed E-state index contributed by atoms with van der Waals surface area (Å²) in [4.78, 5) is 27.7.